The Morgan fingerprint density at radius 2 is 1.27 bits per heavy atom. The van der Waals surface area contributed by atoms with E-state index in [2.05, 4.69) is 0 Å². The van der Waals surface area contributed by atoms with Crippen molar-refractivity contribution in [1.29, 1.82) is 0 Å². The quantitative estimate of drug-likeness (QED) is 0.340. The Labute approximate surface area is 125 Å². The van der Waals surface area contributed by atoms with Gasteiger partial charge in [-0.05, 0) is 6.92 Å². The topological polar surface area (TPSA) is 136 Å². The average Bonchev–Trinajstić information content (AvgIpc) is 1.27. The Hall–Kier alpha value is 2.55. The largest absolute Gasteiger partial charge is 2.00 e. The maximum atomic E-state index is 8.55. The van der Waals surface area contributed by atoms with Gasteiger partial charge in [-0.3, -0.25) is 0 Å². The predicted octanol–water partition coefficient (Wildman–Crippen LogP) is -3.76. The summed E-state index contributed by atoms with van der Waals surface area (Å²) >= 11 is 0. The molecular formula is C2H7Ca2O6P. The van der Waals surface area contributed by atoms with E-state index in [4.69, 9.17) is 24.4 Å². The molecule has 0 amide bonds. The van der Waals surface area contributed by atoms with Crippen molar-refractivity contribution in [2.45, 2.75) is 6.92 Å². The van der Waals surface area contributed by atoms with Crippen LogP contribution >= 0.6 is 7.82 Å². The average molecular weight is 238 g/mol. The van der Waals surface area contributed by atoms with Crippen molar-refractivity contribution in [2.24, 2.45) is 0 Å². The number of phosphoric acid groups is 1. The summed E-state index contributed by atoms with van der Waals surface area (Å²) in [5, 5.41) is 7.57. The number of rotatable bonds is 0. The molecule has 9 heteroatoms. The zero-order chi connectivity index (χ0) is 7.21. The van der Waals surface area contributed by atoms with E-state index in [1.807, 2.05) is 0 Å². The van der Waals surface area contributed by atoms with Gasteiger partial charge >= 0.3 is 75.5 Å². The summed E-state index contributed by atoms with van der Waals surface area (Å²) in [5.74, 6) is 0. The van der Waals surface area contributed by atoms with Crippen LogP contribution in [0, 0.1) is 0 Å². The molecule has 0 aliphatic carbocycles. The van der Waals surface area contributed by atoms with E-state index >= 15 is 0 Å². The van der Waals surface area contributed by atoms with Gasteiger partial charge < -0.3 is 29.8 Å². The molecule has 0 aromatic rings. The molecule has 0 saturated carbocycles. The van der Waals surface area contributed by atoms with Crippen LogP contribution in [0.3, 0.4) is 0 Å². The second-order valence-electron chi connectivity index (χ2n) is 0.763. The molecule has 0 spiro atoms. The molecule has 0 aromatic heterocycles. The van der Waals surface area contributed by atoms with Crippen LogP contribution in [0.2, 0.25) is 0 Å². The maximum Gasteiger partial charge on any atom is 2.00 e. The van der Waals surface area contributed by atoms with E-state index in [1.54, 1.807) is 6.92 Å². The second kappa shape index (κ2) is 18.4. The third kappa shape index (κ3) is 215. The van der Waals surface area contributed by atoms with Crippen molar-refractivity contribution < 1.29 is 29.8 Å². The van der Waals surface area contributed by atoms with Gasteiger partial charge in [0.1, 0.15) is 0 Å². The SMILES string of the molecule is CCO.O=P([O-])([O-])[O-].[Ca+2].[Ca+2].[OH-]. The van der Waals surface area contributed by atoms with Crippen LogP contribution < -0.4 is 14.7 Å². The maximum absolute atomic E-state index is 8.55. The van der Waals surface area contributed by atoms with Crippen LogP contribution in [0.15, 0.2) is 0 Å². The molecular weight excluding hydrogens is 231 g/mol. The monoisotopic (exact) mass is 238 g/mol. The van der Waals surface area contributed by atoms with E-state index in [9.17, 15) is 0 Å². The first-order valence-electron chi connectivity index (χ1n) is 1.75. The van der Waals surface area contributed by atoms with Crippen molar-refractivity contribution in [2.75, 3.05) is 6.61 Å². The zero-order valence-electron chi connectivity index (χ0n) is 6.10. The molecule has 2 N–H and O–H groups in total. The minimum absolute atomic E-state index is 0. The Balaban J connectivity index is -0.0000000183. The van der Waals surface area contributed by atoms with E-state index in [0.29, 0.717) is 0 Å². The van der Waals surface area contributed by atoms with Crippen molar-refractivity contribution in [3.05, 3.63) is 0 Å². The normalized spacial score (nSPS) is 7.00. The number of aliphatic hydroxyl groups excluding tert-OH is 1. The molecule has 6 nitrogen and oxygen atoms in total. The standard InChI is InChI=1S/C2H6O.2Ca.H3O4P.H2O/c1-2-3;;;1-5(2,3)4;/h3H,2H2,1H3;;;(H3,1,2,3,4);1H2/q;2*+2;;/p-4. The van der Waals surface area contributed by atoms with Gasteiger partial charge in [-0.1, -0.05) is 0 Å². The van der Waals surface area contributed by atoms with E-state index < -0.39 is 7.82 Å². The van der Waals surface area contributed by atoms with Crippen LogP contribution in [0.4, 0.5) is 0 Å². The molecule has 60 valence electrons. The summed E-state index contributed by atoms with van der Waals surface area (Å²) < 4.78 is 8.55. The van der Waals surface area contributed by atoms with Gasteiger partial charge in [-0.15, -0.1) is 0 Å². The first-order valence-corrected chi connectivity index (χ1v) is 3.21. The molecule has 0 fully saturated rings. The van der Waals surface area contributed by atoms with Crippen molar-refractivity contribution in [3.8, 4) is 0 Å². The molecule has 0 saturated heterocycles. The van der Waals surface area contributed by atoms with Gasteiger partial charge in [-0.2, -0.15) is 7.82 Å². The molecule has 0 heterocycles. The summed E-state index contributed by atoms with van der Waals surface area (Å²) in [4.78, 5) is 25.6. The summed E-state index contributed by atoms with van der Waals surface area (Å²) in [7, 11) is -5.39. The fourth-order valence-corrected chi connectivity index (χ4v) is 0. The molecule has 0 bridgehead atoms. The molecule has 0 atom stereocenters. The van der Waals surface area contributed by atoms with Crippen molar-refractivity contribution in [3.63, 3.8) is 0 Å². The molecule has 0 aromatic carbocycles. The van der Waals surface area contributed by atoms with E-state index in [1.165, 1.54) is 0 Å². The fourth-order valence-electron chi connectivity index (χ4n) is 0. The van der Waals surface area contributed by atoms with Gasteiger partial charge in [0.05, 0.1) is 0 Å². The minimum atomic E-state index is -5.39. The molecule has 11 heavy (non-hydrogen) atoms. The van der Waals surface area contributed by atoms with Gasteiger partial charge in [0, 0.05) is 6.61 Å². The molecule has 0 rings (SSSR count). The van der Waals surface area contributed by atoms with Gasteiger partial charge in [0.15, 0.2) is 0 Å². The third-order valence-corrected chi connectivity index (χ3v) is 0. The van der Waals surface area contributed by atoms with Crippen LogP contribution in [-0.2, 0) is 4.57 Å². The van der Waals surface area contributed by atoms with Crippen LogP contribution in [-0.4, -0.2) is 92.7 Å². The van der Waals surface area contributed by atoms with Gasteiger partial charge in [-0.25, -0.2) is 0 Å². The third-order valence-electron chi connectivity index (χ3n) is 0. The van der Waals surface area contributed by atoms with Gasteiger partial charge in [0.2, 0.25) is 0 Å². The minimum Gasteiger partial charge on any atom is -0.870 e. The van der Waals surface area contributed by atoms with Crippen molar-refractivity contribution in [1.82, 2.24) is 0 Å². The van der Waals surface area contributed by atoms with Crippen LogP contribution in [0.1, 0.15) is 6.92 Å². The first-order chi connectivity index (χ1) is 3.41. The molecule has 0 radical (unpaired) electrons. The summed E-state index contributed by atoms with van der Waals surface area (Å²) in [6.45, 7) is 1.93. The van der Waals surface area contributed by atoms with Crippen LogP contribution in [0.25, 0.3) is 0 Å². The summed E-state index contributed by atoms with van der Waals surface area (Å²) in [6, 6.07) is 0. The molecule has 0 unspecified atom stereocenters. The Kier molecular flexibility index (Phi) is 48.7. The Morgan fingerprint density at radius 3 is 1.27 bits per heavy atom. The summed E-state index contributed by atoms with van der Waals surface area (Å²) in [6.07, 6.45) is 0. The number of aliphatic hydroxyl groups is 1. The van der Waals surface area contributed by atoms with E-state index in [0.717, 1.165) is 0 Å². The Morgan fingerprint density at radius 1 is 1.27 bits per heavy atom. The summed E-state index contributed by atoms with van der Waals surface area (Å²) in [5.41, 5.74) is 0. The second-order valence-corrected chi connectivity index (χ2v) is 1.66. The first kappa shape index (κ1) is 29.2. The van der Waals surface area contributed by atoms with Crippen LogP contribution in [0.5, 0.6) is 0 Å². The number of hydrogen-bond acceptors (Lipinski definition) is 6. The molecule has 0 aliphatic rings. The smallest absolute Gasteiger partial charge is 0.870 e. The Bertz CT molecular complexity index is 74.4. The van der Waals surface area contributed by atoms with Crippen molar-refractivity contribution >= 4 is 83.3 Å². The zero-order valence-corrected chi connectivity index (χ0v) is 11.4. The molecule has 0 aliphatic heterocycles. The fraction of sp³-hybridized carbons (Fsp3) is 1.00. The number of hydrogen-bond donors (Lipinski definition) is 1. The van der Waals surface area contributed by atoms with E-state index in [-0.39, 0.29) is 87.6 Å². The van der Waals surface area contributed by atoms with Gasteiger partial charge in [0.25, 0.3) is 0 Å². The predicted molar refractivity (Wildman–Crippen MR) is 33.8 cm³/mol.